The smallest absolute Gasteiger partial charge is 0.122 e. The van der Waals surface area contributed by atoms with Gasteiger partial charge in [0.25, 0.3) is 0 Å². The van der Waals surface area contributed by atoms with Crippen molar-refractivity contribution in [2.75, 3.05) is 20.2 Å². The largest absolute Gasteiger partial charge is 0.496 e. The first-order chi connectivity index (χ1) is 8.98. The lowest BCUT2D eigenvalue weighted by Crippen LogP contribution is -2.24. The molecule has 108 valence electrons. The Morgan fingerprint density at radius 1 is 1.26 bits per heavy atom. The van der Waals surface area contributed by atoms with E-state index in [1.807, 2.05) is 18.2 Å². The molecule has 0 saturated heterocycles. The van der Waals surface area contributed by atoms with Crippen molar-refractivity contribution in [3.05, 3.63) is 28.8 Å². The van der Waals surface area contributed by atoms with Crippen LogP contribution in [0.3, 0.4) is 0 Å². The maximum atomic E-state index is 6.08. The van der Waals surface area contributed by atoms with Gasteiger partial charge in [-0.3, -0.25) is 0 Å². The van der Waals surface area contributed by atoms with Gasteiger partial charge < -0.3 is 10.1 Å². The first-order valence-corrected chi connectivity index (χ1v) is 7.39. The minimum absolute atomic E-state index is 0.235. The lowest BCUT2D eigenvalue weighted by molar-refractivity contribution is 0.318. The Bertz CT molecular complexity index is 390. The number of nitrogens with one attached hydrogen (secondary N) is 1. The minimum Gasteiger partial charge on any atom is -0.496 e. The summed E-state index contributed by atoms with van der Waals surface area (Å²) in [7, 11) is 1.71. The number of benzene rings is 1. The molecule has 0 bridgehead atoms. The maximum absolute atomic E-state index is 6.08. The van der Waals surface area contributed by atoms with E-state index in [2.05, 4.69) is 26.1 Å². The molecular formula is C16H26ClNO. The quantitative estimate of drug-likeness (QED) is 0.718. The van der Waals surface area contributed by atoms with E-state index in [0.717, 1.165) is 36.7 Å². The Morgan fingerprint density at radius 2 is 2.00 bits per heavy atom. The predicted octanol–water partition coefficient (Wildman–Crippen LogP) is 4.31. The maximum Gasteiger partial charge on any atom is 0.122 e. The van der Waals surface area contributed by atoms with Crippen LogP contribution in [-0.2, 0) is 6.42 Å². The van der Waals surface area contributed by atoms with Crippen LogP contribution in [0.2, 0.25) is 5.02 Å². The number of halogens is 1. The molecule has 0 saturated carbocycles. The third kappa shape index (κ3) is 5.84. The van der Waals surface area contributed by atoms with Crippen molar-refractivity contribution in [1.82, 2.24) is 5.32 Å². The van der Waals surface area contributed by atoms with Gasteiger partial charge >= 0.3 is 0 Å². The molecule has 0 amide bonds. The molecule has 0 unspecified atom stereocenters. The number of methoxy groups -OCH3 is 1. The molecule has 1 rings (SSSR count). The molecule has 0 aliphatic heterocycles. The van der Waals surface area contributed by atoms with Crippen LogP contribution < -0.4 is 10.1 Å². The summed E-state index contributed by atoms with van der Waals surface area (Å²) in [6.07, 6.45) is 3.30. The second kappa shape index (κ2) is 7.76. The van der Waals surface area contributed by atoms with Crippen LogP contribution >= 0.6 is 11.6 Å². The molecule has 1 aromatic carbocycles. The van der Waals surface area contributed by atoms with E-state index in [1.165, 1.54) is 12.0 Å². The van der Waals surface area contributed by atoms with Gasteiger partial charge in [0.2, 0.25) is 0 Å². The zero-order valence-electron chi connectivity index (χ0n) is 12.6. The van der Waals surface area contributed by atoms with Crippen LogP contribution in [0.15, 0.2) is 18.2 Å². The van der Waals surface area contributed by atoms with E-state index in [1.54, 1.807) is 7.11 Å². The molecule has 1 aromatic rings. The average molecular weight is 284 g/mol. The molecule has 0 heterocycles. The Balaban J connectivity index is 2.63. The van der Waals surface area contributed by atoms with Crippen molar-refractivity contribution in [3.63, 3.8) is 0 Å². The minimum atomic E-state index is 0.235. The summed E-state index contributed by atoms with van der Waals surface area (Å²) in [4.78, 5) is 0. The molecule has 0 aromatic heterocycles. The fourth-order valence-corrected chi connectivity index (χ4v) is 2.41. The van der Waals surface area contributed by atoms with Crippen molar-refractivity contribution in [2.45, 2.75) is 40.0 Å². The number of hydrogen-bond acceptors (Lipinski definition) is 2. The third-order valence-corrected chi connectivity index (χ3v) is 3.55. The highest BCUT2D eigenvalue weighted by molar-refractivity contribution is 6.30. The highest BCUT2D eigenvalue weighted by Gasteiger charge is 2.20. The van der Waals surface area contributed by atoms with Crippen molar-refractivity contribution in [1.29, 1.82) is 0 Å². The summed E-state index contributed by atoms with van der Waals surface area (Å²) >= 11 is 6.08. The van der Waals surface area contributed by atoms with Gasteiger partial charge in [-0.1, -0.05) is 32.4 Å². The van der Waals surface area contributed by atoms with Crippen molar-refractivity contribution >= 4 is 11.6 Å². The van der Waals surface area contributed by atoms with Crippen LogP contribution in [0.5, 0.6) is 5.75 Å². The second-order valence-corrected chi connectivity index (χ2v) is 6.23. The monoisotopic (exact) mass is 283 g/mol. The normalized spacial score (nSPS) is 11.6. The Kier molecular flexibility index (Phi) is 6.67. The van der Waals surface area contributed by atoms with Gasteiger partial charge in [-0.05, 0) is 61.5 Å². The van der Waals surface area contributed by atoms with E-state index in [-0.39, 0.29) is 5.41 Å². The van der Waals surface area contributed by atoms with Gasteiger partial charge in [-0.2, -0.15) is 0 Å². The zero-order valence-corrected chi connectivity index (χ0v) is 13.3. The van der Waals surface area contributed by atoms with Crippen LogP contribution in [0.1, 0.15) is 39.2 Å². The van der Waals surface area contributed by atoms with Crippen LogP contribution in [0.25, 0.3) is 0 Å². The Labute approximate surface area is 122 Å². The molecule has 2 nitrogen and oxygen atoms in total. The molecule has 0 fully saturated rings. The fourth-order valence-electron chi connectivity index (χ4n) is 2.22. The van der Waals surface area contributed by atoms with Crippen LogP contribution in [0.4, 0.5) is 0 Å². The van der Waals surface area contributed by atoms with Crippen molar-refractivity contribution in [3.8, 4) is 5.75 Å². The molecule has 0 aliphatic carbocycles. The summed E-state index contributed by atoms with van der Waals surface area (Å²) in [5.74, 6) is 0.930. The van der Waals surface area contributed by atoms with Crippen LogP contribution in [0, 0.1) is 5.41 Å². The summed E-state index contributed by atoms with van der Waals surface area (Å²) in [5.41, 5.74) is 1.43. The lowest BCUT2D eigenvalue weighted by Gasteiger charge is -2.26. The molecule has 0 aliphatic rings. The SMILES string of the molecule is CCCNCCC(C)(C)Cc1cc(Cl)ccc1OC. The van der Waals surface area contributed by atoms with E-state index >= 15 is 0 Å². The number of rotatable bonds is 8. The summed E-state index contributed by atoms with van der Waals surface area (Å²) < 4.78 is 5.41. The molecule has 3 heteroatoms. The van der Waals surface area contributed by atoms with E-state index in [0.29, 0.717) is 0 Å². The van der Waals surface area contributed by atoms with E-state index in [4.69, 9.17) is 16.3 Å². The molecule has 19 heavy (non-hydrogen) atoms. The Hall–Kier alpha value is -0.730. The molecule has 0 spiro atoms. The highest BCUT2D eigenvalue weighted by Crippen LogP contribution is 2.31. The molecular weight excluding hydrogens is 258 g/mol. The van der Waals surface area contributed by atoms with Gasteiger partial charge in [0, 0.05) is 5.02 Å². The Morgan fingerprint density at radius 3 is 2.63 bits per heavy atom. The van der Waals surface area contributed by atoms with E-state index < -0.39 is 0 Å². The molecule has 0 atom stereocenters. The zero-order chi connectivity index (χ0) is 14.3. The standard InChI is InChI=1S/C16H26ClNO/c1-5-9-18-10-8-16(2,3)12-13-11-14(17)6-7-15(13)19-4/h6-7,11,18H,5,8-10,12H2,1-4H3. The lowest BCUT2D eigenvalue weighted by atomic mass is 9.82. The summed E-state index contributed by atoms with van der Waals surface area (Å²) in [6, 6.07) is 5.84. The van der Waals surface area contributed by atoms with E-state index in [9.17, 15) is 0 Å². The summed E-state index contributed by atoms with van der Waals surface area (Å²) in [6.45, 7) is 8.93. The summed E-state index contributed by atoms with van der Waals surface area (Å²) in [5, 5.41) is 4.23. The van der Waals surface area contributed by atoms with Gasteiger partial charge in [0.05, 0.1) is 7.11 Å². The average Bonchev–Trinajstić information content (AvgIpc) is 2.34. The topological polar surface area (TPSA) is 21.3 Å². The molecule has 0 radical (unpaired) electrons. The van der Waals surface area contributed by atoms with Crippen molar-refractivity contribution in [2.24, 2.45) is 5.41 Å². The molecule has 1 N–H and O–H groups in total. The first-order valence-electron chi connectivity index (χ1n) is 7.01. The second-order valence-electron chi connectivity index (χ2n) is 5.80. The van der Waals surface area contributed by atoms with Gasteiger partial charge in [-0.15, -0.1) is 0 Å². The predicted molar refractivity (Wildman–Crippen MR) is 83.3 cm³/mol. The van der Waals surface area contributed by atoms with Gasteiger partial charge in [-0.25, -0.2) is 0 Å². The number of ether oxygens (including phenoxy) is 1. The van der Waals surface area contributed by atoms with Gasteiger partial charge in [0.1, 0.15) is 5.75 Å². The first kappa shape index (κ1) is 16.3. The van der Waals surface area contributed by atoms with Gasteiger partial charge in [0.15, 0.2) is 0 Å². The third-order valence-electron chi connectivity index (χ3n) is 3.32. The highest BCUT2D eigenvalue weighted by atomic mass is 35.5. The van der Waals surface area contributed by atoms with Crippen LogP contribution in [-0.4, -0.2) is 20.2 Å². The van der Waals surface area contributed by atoms with Crippen molar-refractivity contribution < 1.29 is 4.74 Å². The number of hydrogen-bond donors (Lipinski definition) is 1. The fraction of sp³-hybridized carbons (Fsp3) is 0.625.